The number of aryl methyl sites for hydroxylation is 1. The summed E-state index contributed by atoms with van der Waals surface area (Å²) in [5.74, 6) is -0.0700. The SMILES string of the molecule is CS(=O)(=O)c1ccc2c(c1)CCCN2C(=O)c1cccc(Br)c1. The molecule has 0 saturated heterocycles. The predicted molar refractivity (Wildman–Crippen MR) is 93.7 cm³/mol. The molecule has 2 aromatic carbocycles. The summed E-state index contributed by atoms with van der Waals surface area (Å²) < 4.78 is 24.3. The van der Waals surface area contributed by atoms with E-state index in [-0.39, 0.29) is 5.91 Å². The topological polar surface area (TPSA) is 54.5 Å². The highest BCUT2D eigenvalue weighted by Gasteiger charge is 2.24. The van der Waals surface area contributed by atoms with Gasteiger partial charge in [0.05, 0.1) is 4.90 Å². The molecule has 1 aliphatic heterocycles. The van der Waals surface area contributed by atoms with Gasteiger partial charge in [0.2, 0.25) is 0 Å². The van der Waals surface area contributed by atoms with Gasteiger partial charge in [-0.15, -0.1) is 0 Å². The fourth-order valence-electron chi connectivity index (χ4n) is 2.79. The highest BCUT2D eigenvalue weighted by Crippen LogP contribution is 2.30. The number of nitrogens with zero attached hydrogens (tertiary/aromatic N) is 1. The Hall–Kier alpha value is -1.66. The molecule has 0 saturated carbocycles. The van der Waals surface area contributed by atoms with Crippen molar-refractivity contribution in [3.05, 3.63) is 58.1 Å². The fraction of sp³-hybridized carbons (Fsp3) is 0.235. The first-order valence-corrected chi connectivity index (χ1v) is 9.95. The van der Waals surface area contributed by atoms with E-state index in [2.05, 4.69) is 15.9 Å². The van der Waals surface area contributed by atoms with Crippen LogP contribution in [0.5, 0.6) is 0 Å². The monoisotopic (exact) mass is 393 g/mol. The Bertz CT molecular complexity index is 877. The first kappa shape index (κ1) is 16.2. The van der Waals surface area contributed by atoms with Crippen molar-refractivity contribution in [3.8, 4) is 0 Å². The van der Waals surface area contributed by atoms with E-state index in [4.69, 9.17) is 0 Å². The van der Waals surface area contributed by atoms with E-state index < -0.39 is 9.84 Å². The van der Waals surface area contributed by atoms with Crippen LogP contribution in [0.1, 0.15) is 22.3 Å². The molecule has 0 fully saturated rings. The molecule has 0 spiro atoms. The molecule has 6 heteroatoms. The molecule has 1 amide bonds. The molecular weight excluding hydrogens is 378 g/mol. The smallest absolute Gasteiger partial charge is 0.258 e. The van der Waals surface area contributed by atoms with Crippen LogP contribution in [-0.4, -0.2) is 27.1 Å². The normalized spacial score (nSPS) is 14.4. The third-order valence-electron chi connectivity index (χ3n) is 3.91. The number of fused-ring (bicyclic) bond motifs is 1. The molecule has 4 nitrogen and oxygen atoms in total. The second-order valence-corrected chi connectivity index (χ2v) is 8.56. The number of anilines is 1. The third kappa shape index (κ3) is 3.33. The highest BCUT2D eigenvalue weighted by molar-refractivity contribution is 9.10. The number of hydrogen-bond donors (Lipinski definition) is 0. The van der Waals surface area contributed by atoms with E-state index in [0.717, 1.165) is 28.6 Å². The molecule has 1 aliphatic rings. The Morgan fingerprint density at radius 2 is 1.96 bits per heavy atom. The molecule has 3 rings (SSSR count). The Morgan fingerprint density at radius 1 is 1.17 bits per heavy atom. The Labute approximate surface area is 144 Å². The van der Waals surface area contributed by atoms with Crippen LogP contribution >= 0.6 is 15.9 Å². The van der Waals surface area contributed by atoms with E-state index >= 15 is 0 Å². The lowest BCUT2D eigenvalue weighted by molar-refractivity contribution is 0.0985. The van der Waals surface area contributed by atoms with Gasteiger partial charge in [0.1, 0.15) is 0 Å². The van der Waals surface area contributed by atoms with Crippen molar-refractivity contribution >= 4 is 37.4 Å². The van der Waals surface area contributed by atoms with Crippen LogP contribution in [0.25, 0.3) is 0 Å². The van der Waals surface area contributed by atoms with Gasteiger partial charge in [0, 0.05) is 28.5 Å². The Balaban J connectivity index is 2.00. The molecule has 0 N–H and O–H groups in total. The highest BCUT2D eigenvalue weighted by atomic mass is 79.9. The van der Waals surface area contributed by atoms with Gasteiger partial charge >= 0.3 is 0 Å². The zero-order chi connectivity index (χ0) is 16.6. The number of rotatable bonds is 2. The first-order chi connectivity index (χ1) is 10.9. The molecule has 0 atom stereocenters. The van der Waals surface area contributed by atoms with Crippen LogP contribution in [0.4, 0.5) is 5.69 Å². The van der Waals surface area contributed by atoms with Crippen molar-refractivity contribution in [2.75, 3.05) is 17.7 Å². The van der Waals surface area contributed by atoms with Gasteiger partial charge in [-0.05, 0) is 54.8 Å². The van der Waals surface area contributed by atoms with E-state index in [0.29, 0.717) is 17.0 Å². The molecule has 0 aromatic heterocycles. The minimum atomic E-state index is -3.24. The van der Waals surface area contributed by atoms with Crippen LogP contribution in [-0.2, 0) is 16.3 Å². The lowest BCUT2D eigenvalue weighted by Gasteiger charge is -2.30. The van der Waals surface area contributed by atoms with Crippen LogP contribution in [0, 0.1) is 0 Å². The summed E-state index contributed by atoms with van der Waals surface area (Å²) in [5.41, 5.74) is 2.32. The predicted octanol–water partition coefficient (Wildman–Crippen LogP) is 3.45. The summed E-state index contributed by atoms with van der Waals surface area (Å²) >= 11 is 3.38. The van der Waals surface area contributed by atoms with E-state index in [1.54, 1.807) is 35.2 Å². The van der Waals surface area contributed by atoms with Gasteiger partial charge in [-0.1, -0.05) is 22.0 Å². The van der Waals surface area contributed by atoms with Crippen LogP contribution < -0.4 is 4.90 Å². The minimum Gasteiger partial charge on any atom is -0.308 e. The van der Waals surface area contributed by atoms with Crippen molar-refractivity contribution in [3.63, 3.8) is 0 Å². The maximum Gasteiger partial charge on any atom is 0.258 e. The molecule has 0 aliphatic carbocycles. The number of carbonyl (C=O) groups is 1. The number of benzene rings is 2. The van der Waals surface area contributed by atoms with Gasteiger partial charge in [-0.2, -0.15) is 0 Å². The van der Waals surface area contributed by atoms with Gasteiger partial charge in [-0.25, -0.2) is 8.42 Å². The summed E-state index contributed by atoms with van der Waals surface area (Å²) in [4.78, 5) is 14.8. The maximum atomic E-state index is 12.8. The Morgan fingerprint density at radius 3 is 2.65 bits per heavy atom. The standard InChI is InChI=1S/C17H16BrNO3S/c1-23(21,22)15-7-8-16-12(11-15)5-3-9-19(16)17(20)13-4-2-6-14(18)10-13/h2,4,6-8,10-11H,3,5,9H2,1H3. The molecule has 0 unspecified atom stereocenters. The molecule has 23 heavy (non-hydrogen) atoms. The number of hydrogen-bond acceptors (Lipinski definition) is 3. The molecule has 120 valence electrons. The minimum absolute atomic E-state index is 0.0700. The first-order valence-electron chi connectivity index (χ1n) is 7.27. The summed E-state index contributed by atoms with van der Waals surface area (Å²) in [6, 6.07) is 12.3. The van der Waals surface area contributed by atoms with E-state index in [1.807, 2.05) is 12.1 Å². The second kappa shape index (κ2) is 6.09. The summed E-state index contributed by atoms with van der Waals surface area (Å²) in [6.07, 6.45) is 2.79. The zero-order valence-corrected chi connectivity index (χ0v) is 15.0. The molecule has 0 bridgehead atoms. The third-order valence-corrected chi connectivity index (χ3v) is 5.52. The number of sulfone groups is 1. The molecule has 1 heterocycles. The van der Waals surface area contributed by atoms with E-state index in [9.17, 15) is 13.2 Å². The van der Waals surface area contributed by atoms with Crippen molar-refractivity contribution in [2.45, 2.75) is 17.7 Å². The summed E-state index contributed by atoms with van der Waals surface area (Å²) in [6.45, 7) is 0.635. The lowest BCUT2D eigenvalue weighted by Crippen LogP contribution is -2.35. The number of halogens is 1. The van der Waals surface area contributed by atoms with Gasteiger partial charge in [0.15, 0.2) is 9.84 Å². The zero-order valence-electron chi connectivity index (χ0n) is 12.6. The molecular formula is C17H16BrNO3S. The van der Waals surface area contributed by atoms with Crippen LogP contribution in [0.3, 0.4) is 0 Å². The second-order valence-electron chi connectivity index (χ2n) is 5.63. The van der Waals surface area contributed by atoms with Crippen LogP contribution in [0.2, 0.25) is 0 Å². The average Bonchev–Trinajstić information content (AvgIpc) is 2.52. The van der Waals surface area contributed by atoms with Gasteiger partial charge < -0.3 is 4.90 Å². The van der Waals surface area contributed by atoms with Gasteiger partial charge in [0.25, 0.3) is 5.91 Å². The van der Waals surface area contributed by atoms with Crippen molar-refractivity contribution in [1.82, 2.24) is 0 Å². The quantitative estimate of drug-likeness (QED) is 0.784. The maximum absolute atomic E-state index is 12.8. The number of carbonyl (C=O) groups excluding carboxylic acids is 1. The Kier molecular flexibility index (Phi) is 4.29. The largest absolute Gasteiger partial charge is 0.308 e. The fourth-order valence-corrected chi connectivity index (χ4v) is 3.86. The van der Waals surface area contributed by atoms with E-state index in [1.165, 1.54) is 6.26 Å². The number of amides is 1. The van der Waals surface area contributed by atoms with Crippen LogP contribution in [0.15, 0.2) is 51.8 Å². The lowest BCUT2D eigenvalue weighted by atomic mass is 10.0. The van der Waals surface area contributed by atoms with Crippen molar-refractivity contribution < 1.29 is 13.2 Å². The van der Waals surface area contributed by atoms with Gasteiger partial charge in [-0.3, -0.25) is 4.79 Å². The average molecular weight is 394 g/mol. The van der Waals surface area contributed by atoms with Crippen molar-refractivity contribution in [2.24, 2.45) is 0 Å². The molecule has 0 radical (unpaired) electrons. The van der Waals surface area contributed by atoms with Crippen molar-refractivity contribution in [1.29, 1.82) is 0 Å². The summed E-state index contributed by atoms with van der Waals surface area (Å²) in [7, 11) is -3.24. The molecule has 2 aromatic rings. The summed E-state index contributed by atoms with van der Waals surface area (Å²) in [5, 5.41) is 0.